The normalized spacial score (nSPS) is 18.8. The number of hydrogen-bond acceptors (Lipinski definition) is 4. The summed E-state index contributed by atoms with van der Waals surface area (Å²) in [6, 6.07) is 8.41. The van der Waals surface area contributed by atoms with Gasteiger partial charge >= 0.3 is 0 Å². The predicted octanol–water partition coefficient (Wildman–Crippen LogP) is 3.71. The van der Waals surface area contributed by atoms with E-state index >= 15 is 0 Å². The number of aliphatic hydroxyl groups is 1. The summed E-state index contributed by atoms with van der Waals surface area (Å²) in [7, 11) is 0. The lowest BCUT2D eigenvalue weighted by molar-refractivity contribution is -0.128. The highest BCUT2D eigenvalue weighted by atomic mass is 35.5. The first-order valence-corrected chi connectivity index (χ1v) is 9.73. The summed E-state index contributed by atoms with van der Waals surface area (Å²) in [5, 5.41) is 14.8. The minimum atomic E-state index is -0.983. The zero-order valence-corrected chi connectivity index (χ0v) is 16.8. The Balaban J connectivity index is 1.95. The van der Waals surface area contributed by atoms with E-state index in [0.29, 0.717) is 10.7 Å². The zero-order valence-electron chi connectivity index (χ0n) is 15.3. The van der Waals surface area contributed by atoms with Gasteiger partial charge in [-0.2, -0.15) is 0 Å². The summed E-state index contributed by atoms with van der Waals surface area (Å²) < 4.78 is 20.4. The number of benzene rings is 2. The summed E-state index contributed by atoms with van der Waals surface area (Å²) in [6.07, 6.45) is 0.341. The number of piperidine rings is 1. The Morgan fingerprint density at radius 2 is 2.10 bits per heavy atom. The molecule has 0 saturated carbocycles. The molecule has 1 fully saturated rings. The molecule has 1 aliphatic rings. The van der Waals surface area contributed by atoms with E-state index < -0.39 is 23.7 Å². The van der Waals surface area contributed by atoms with Crippen LogP contribution in [0.1, 0.15) is 24.4 Å². The minimum absolute atomic E-state index is 0.0229. The highest BCUT2D eigenvalue weighted by Crippen LogP contribution is 2.39. The average Bonchev–Trinajstić information content (AvgIpc) is 2.68. The SMILES string of the molecule is O=C1CCC(C(=O)Nc2cccc(Cl)c2)[C@@H](c2c(OCCO)ccc(Cl)c2F)N1. The highest BCUT2D eigenvalue weighted by molar-refractivity contribution is 6.31. The molecule has 2 aromatic rings. The monoisotopic (exact) mass is 440 g/mol. The molecule has 1 aliphatic heterocycles. The van der Waals surface area contributed by atoms with Crippen molar-refractivity contribution in [2.45, 2.75) is 18.9 Å². The second-order valence-electron chi connectivity index (χ2n) is 6.54. The number of aliphatic hydroxyl groups excluding tert-OH is 1. The molecular weight excluding hydrogens is 422 g/mol. The second-order valence-corrected chi connectivity index (χ2v) is 7.38. The van der Waals surface area contributed by atoms with Gasteiger partial charge in [0.15, 0.2) is 5.82 Å². The van der Waals surface area contributed by atoms with Crippen LogP contribution < -0.4 is 15.4 Å². The molecule has 0 aliphatic carbocycles. The maximum absolute atomic E-state index is 14.9. The number of amides is 2. The third-order valence-electron chi connectivity index (χ3n) is 4.58. The predicted molar refractivity (Wildman–Crippen MR) is 108 cm³/mol. The van der Waals surface area contributed by atoms with Crippen LogP contribution in [0, 0.1) is 11.7 Å². The number of nitrogens with one attached hydrogen (secondary N) is 2. The summed E-state index contributed by atoms with van der Waals surface area (Å²) in [6.45, 7) is -0.354. The van der Waals surface area contributed by atoms with Crippen LogP contribution >= 0.6 is 23.2 Å². The van der Waals surface area contributed by atoms with E-state index in [1.165, 1.54) is 12.1 Å². The van der Waals surface area contributed by atoms with Crippen LogP contribution in [-0.2, 0) is 9.59 Å². The van der Waals surface area contributed by atoms with Crippen LogP contribution in [-0.4, -0.2) is 30.1 Å². The van der Waals surface area contributed by atoms with Crippen molar-refractivity contribution in [2.24, 2.45) is 5.92 Å². The highest BCUT2D eigenvalue weighted by Gasteiger charge is 2.38. The molecule has 2 amide bonds. The average molecular weight is 441 g/mol. The second kappa shape index (κ2) is 9.43. The van der Waals surface area contributed by atoms with Gasteiger partial charge in [0, 0.05) is 17.1 Å². The van der Waals surface area contributed by atoms with Crippen LogP contribution in [0.2, 0.25) is 10.0 Å². The van der Waals surface area contributed by atoms with E-state index in [1.807, 2.05) is 0 Å². The van der Waals surface area contributed by atoms with Gasteiger partial charge in [-0.05, 0) is 36.8 Å². The van der Waals surface area contributed by atoms with Crippen molar-refractivity contribution in [1.29, 1.82) is 0 Å². The Morgan fingerprint density at radius 3 is 2.83 bits per heavy atom. The molecule has 154 valence electrons. The van der Waals surface area contributed by atoms with Crippen molar-refractivity contribution in [3.8, 4) is 5.75 Å². The van der Waals surface area contributed by atoms with Crippen LogP contribution in [0.5, 0.6) is 5.75 Å². The molecule has 0 radical (unpaired) electrons. The molecule has 9 heteroatoms. The number of ether oxygens (including phenoxy) is 1. The minimum Gasteiger partial charge on any atom is -0.491 e. The van der Waals surface area contributed by atoms with Crippen molar-refractivity contribution < 1.29 is 23.8 Å². The fourth-order valence-corrected chi connectivity index (χ4v) is 3.63. The number of hydrogen-bond donors (Lipinski definition) is 3. The molecule has 6 nitrogen and oxygen atoms in total. The summed E-state index contributed by atoms with van der Waals surface area (Å²) >= 11 is 11.9. The number of carbonyl (C=O) groups is 2. The molecule has 0 aromatic heterocycles. The molecule has 0 bridgehead atoms. The van der Waals surface area contributed by atoms with Crippen molar-refractivity contribution >= 4 is 40.7 Å². The van der Waals surface area contributed by atoms with Crippen molar-refractivity contribution in [3.63, 3.8) is 0 Å². The first-order chi connectivity index (χ1) is 13.9. The number of rotatable bonds is 6. The van der Waals surface area contributed by atoms with Gasteiger partial charge in [-0.25, -0.2) is 4.39 Å². The Bertz CT molecular complexity index is 925. The number of carbonyl (C=O) groups excluding carboxylic acids is 2. The van der Waals surface area contributed by atoms with E-state index in [-0.39, 0.29) is 48.3 Å². The fraction of sp³-hybridized carbons (Fsp3) is 0.300. The van der Waals surface area contributed by atoms with E-state index in [2.05, 4.69) is 10.6 Å². The van der Waals surface area contributed by atoms with Gasteiger partial charge in [0.25, 0.3) is 0 Å². The molecule has 3 N–H and O–H groups in total. The summed E-state index contributed by atoms with van der Waals surface area (Å²) in [5.74, 6) is -2.15. The molecule has 2 atom stereocenters. The molecule has 0 spiro atoms. The van der Waals surface area contributed by atoms with Gasteiger partial charge in [0.05, 0.1) is 29.2 Å². The lowest BCUT2D eigenvalue weighted by Crippen LogP contribution is -2.44. The van der Waals surface area contributed by atoms with Crippen LogP contribution in [0.15, 0.2) is 36.4 Å². The molecule has 3 rings (SSSR count). The lowest BCUT2D eigenvalue weighted by Gasteiger charge is -2.33. The van der Waals surface area contributed by atoms with E-state index in [4.69, 9.17) is 33.0 Å². The Labute approximate surface area is 177 Å². The Kier molecular flexibility index (Phi) is 6.95. The smallest absolute Gasteiger partial charge is 0.229 e. The Hall–Kier alpha value is -2.35. The third kappa shape index (κ3) is 4.98. The fourth-order valence-electron chi connectivity index (χ4n) is 3.28. The van der Waals surface area contributed by atoms with Gasteiger partial charge in [0.2, 0.25) is 11.8 Å². The largest absolute Gasteiger partial charge is 0.491 e. The van der Waals surface area contributed by atoms with E-state index in [9.17, 15) is 14.0 Å². The first kappa shape index (κ1) is 21.4. The topological polar surface area (TPSA) is 87.7 Å². The standard InChI is InChI=1S/C20H19Cl2FN2O4/c21-11-2-1-3-12(10-11)24-20(28)13-4-7-16(27)25-19(13)17-15(29-9-8-26)6-5-14(22)18(17)23/h1-3,5-6,10,13,19,26H,4,7-9H2,(H,24,28)(H,25,27)/t13?,19-/m0/s1. The van der Waals surface area contributed by atoms with E-state index in [0.717, 1.165) is 0 Å². The number of anilines is 1. The Morgan fingerprint density at radius 1 is 1.31 bits per heavy atom. The molecule has 1 unspecified atom stereocenters. The van der Waals surface area contributed by atoms with Gasteiger partial charge in [-0.3, -0.25) is 9.59 Å². The van der Waals surface area contributed by atoms with Gasteiger partial charge in [-0.1, -0.05) is 29.3 Å². The number of halogens is 3. The first-order valence-electron chi connectivity index (χ1n) is 8.98. The molecule has 1 heterocycles. The van der Waals surface area contributed by atoms with Crippen molar-refractivity contribution in [2.75, 3.05) is 18.5 Å². The van der Waals surface area contributed by atoms with Crippen LogP contribution in [0.25, 0.3) is 0 Å². The summed E-state index contributed by atoms with van der Waals surface area (Å²) in [4.78, 5) is 25.0. The van der Waals surface area contributed by atoms with E-state index in [1.54, 1.807) is 24.3 Å². The van der Waals surface area contributed by atoms with Crippen LogP contribution in [0.4, 0.5) is 10.1 Å². The van der Waals surface area contributed by atoms with Crippen molar-refractivity contribution in [3.05, 3.63) is 57.8 Å². The van der Waals surface area contributed by atoms with Gasteiger partial charge in [0.1, 0.15) is 12.4 Å². The van der Waals surface area contributed by atoms with Crippen molar-refractivity contribution in [1.82, 2.24) is 5.32 Å². The third-order valence-corrected chi connectivity index (χ3v) is 5.11. The van der Waals surface area contributed by atoms with Gasteiger partial charge in [-0.15, -0.1) is 0 Å². The molecular formula is C20H19Cl2FN2O4. The maximum atomic E-state index is 14.9. The quantitative estimate of drug-likeness (QED) is 0.638. The molecule has 2 aromatic carbocycles. The van der Waals surface area contributed by atoms with Gasteiger partial charge < -0.3 is 20.5 Å². The zero-order chi connectivity index (χ0) is 21.0. The maximum Gasteiger partial charge on any atom is 0.229 e. The van der Waals surface area contributed by atoms with Crippen LogP contribution in [0.3, 0.4) is 0 Å². The lowest BCUT2D eigenvalue weighted by atomic mass is 9.84. The molecule has 1 saturated heterocycles. The molecule has 29 heavy (non-hydrogen) atoms. The summed E-state index contributed by atoms with van der Waals surface area (Å²) in [5.41, 5.74) is 0.465.